The van der Waals surface area contributed by atoms with Crippen molar-refractivity contribution in [3.63, 3.8) is 0 Å². The van der Waals surface area contributed by atoms with Crippen LogP contribution in [0.2, 0.25) is 0 Å². The molecule has 1 N–H and O–H groups in total. The Morgan fingerprint density at radius 1 is 0.857 bits per heavy atom. The molecule has 35 heavy (non-hydrogen) atoms. The molecule has 2 aromatic carbocycles. The van der Waals surface area contributed by atoms with E-state index in [2.05, 4.69) is 5.32 Å². The maximum absolute atomic E-state index is 13.6. The number of hydrogen-bond donors (Lipinski definition) is 1. The number of likely N-dealkylation sites (tertiary alicyclic amines) is 2. The summed E-state index contributed by atoms with van der Waals surface area (Å²) in [5.41, 5.74) is 2.67. The summed E-state index contributed by atoms with van der Waals surface area (Å²) in [6, 6.07) is 17.0. The lowest BCUT2D eigenvalue weighted by Crippen LogP contribution is -2.55. The maximum Gasteiger partial charge on any atom is 0.252 e. The Labute approximate surface area is 208 Å². The quantitative estimate of drug-likeness (QED) is 0.659. The van der Waals surface area contributed by atoms with Crippen molar-refractivity contribution in [3.8, 4) is 0 Å². The highest BCUT2D eigenvalue weighted by molar-refractivity contribution is 5.98. The molecule has 2 aliphatic heterocycles. The van der Waals surface area contributed by atoms with Gasteiger partial charge >= 0.3 is 0 Å². The van der Waals surface area contributed by atoms with E-state index >= 15 is 0 Å². The summed E-state index contributed by atoms with van der Waals surface area (Å²) in [7, 11) is 0. The van der Waals surface area contributed by atoms with Gasteiger partial charge in [-0.1, -0.05) is 48.5 Å². The second-order valence-electron chi connectivity index (χ2n) is 9.86. The zero-order chi connectivity index (χ0) is 24.6. The van der Waals surface area contributed by atoms with Gasteiger partial charge in [0.25, 0.3) is 5.91 Å². The number of carbonyl (C=O) groups is 3. The number of nitrogens with zero attached hydrogens (tertiary/aromatic N) is 2. The highest BCUT2D eigenvalue weighted by Gasteiger charge is 2.36. The molecule has 2 aliphatic rings. The first kappa shape index (κ1) is 25.0. The molecule has 0 aliphatic carbocycles. The average Bonchev–Trinajstić information content (AvgIpc) is 2.91. The van der Waals surface area contributed by atoms with Crippen LogP contribution in [0.25, 0.3) is 0 Å². The van der Waals surface area contributed by atoms with Crippen LogP contribution in [0, 0.1) is 12.8 Å². The molecule has 2 saturated heterocycles. The standard InChI is InChI=1S/C29H37N3O3/c1-22-10-6-7-13-25(22)28(34)30-27(29(35)32-18-8-3-9-19-32)24-16-20-31(21-17-24)26(33)15-14-23-11-4-2-5-12-23/h2,4-7,10-13,24,27H,3,8-9,14-21H2,1H3,(H,30,34)/t27-/m0/s1. The van der Waals surface area contributed by atoms with Gasteiger partial charge in [0.15, 0.2) is 0 Å². The Hall–Kier alpha value is -3.15. The lowest BCUT2D eigenvalue weighted by molar-refractivity contribution is -0.137. The van der Waals surface area contributed by atoms with Crippen molar-refractivity contribution in [2.75, 3.05) is 26.2 Å². The Bertz CT molecular complexity index is 1010. The molecule has 2 heterocycles. The van der Waals surface area contributed by atoms with Gasteiger partial charge in [0.1, 0.15) is 6.04 Å². The normalized spacial score (nSPS) is 17.6. The van der Waals surface area contributed by atoms with Gasteiger partial charge in [-0.15, -0.1) is 0 Å². The van der Waals surface area contributed by atoms with Crippen LogP contribution in [0.1, 0.15) is 60.0 Å². The molecule has 2 aromatic rings. The minimum Gasteiger partial charge on any atom is -0.343 e. The zero-order valence-corrected chi connectivity index (χ0v) is 20.7. The van der Waals surface area contributed by atoms with E-state index in [1.165, 1.54) is 5.56 Å². The highest BCUT2D eigenvalue weighted by Crippen LogP contribution is 2.25. The fourth-order valence-electron chi connectivity index (χ4n) is 5.28. The molecule has 3 amide bonds. The Balaban J connectivity index is 1.39. The summed E-state index contributed by atoms with van der Waals surface area (Å²) < 4.78 is 0. The van der Waals surface area contributed by atoms with Gasteiger partial charge < -0.3 is 15.1 Å². The molecular weight excluding hydrogens is 438 g/mol. The minimum absolute atomic E-state index is 0.0237. The summed E-state index contributed by atoms with van der Waals surface area (Å²) in [4.78, 5) is 43.4. The van der Waals surface area contributed by atoms with Gasteiger partial charge in [-0.2, -0.15) is 0 Å². The first-order chi connectivity index (χ1) is 17.0. The summed E-state index contributed by atoms with van der Waals surface area (Å²) in [6.07, 6.45) is 5.84. The third-order valence-corrected chi connectivity index (χ3v) is 7.44. The molecule has 6 heteroatoms. The first-order valence-electron chi connectivity index (χ1n) is 13.0. The van der Waals surface area contributed by atoms with Crippen molar-refractivity contribution in [3.05, 3.63) is 71.3 Å². The van der Waals surface area contributed by atoms with Crippen LogP contribution in [0.5, 0.6) is 0 Å². The molecule has 0 saturated carbocycles. The third-order valence-electron chi connectivity index (χ3n) is 7.44. The van der Waals surface area contributed by atoms with E-state index in [0.717, 1.165) is 57.2 Å². The molecule has 0 aromatic heterocycles. The van der Waals surface area contributed by atoms with Crippen LogP contribution < -0.4 is 5.32 Å². The lowest BCUT2D eigenvalue weighted by atomic mass is 9.87. The van der Waals surface area contributed by atoms with E-state index in [4.69, 9.17) is 0 Å². The summed E-state index contributed by atoms with van der Waals surface area (Å²) in [5.74, 6) is 0.0195. The number of aryl methyl sites for hydroxylation is 2. The Morgan fingerprint density at radius 2 is 1.51 bits per heavy atom. The molecule has 4 rings (SSSR count). The van der Waals surface area contributed by atoms with Gasteiger partial charge in [0.05, 0.1) is 0 Å². The van der Waals surface area contributed by atoms with Crippen molar-refractivity contribution in [2.45, 2.75) is 57.9 Å². The molecule has 0 bridgehead atoms. The lowest BCUT2D eigenvalue weighted by Gasteiger charge is -2.38. The number of rotatable bonds is 7. The molecule has 0 radical (unpaired) electrons. The van der Waals surface area contributed by atoms with Crippen molar-refractivity contribution in [2.24, 2.45) is 5.92 Å². The topological polar surface area (TPSA) is 69.7 Å². The second kappa shape index (κ2) is 12.0. The monoisotopic (exact) mass is 475 g/mol. The van der Waals surface area contributed by atoms with E-state index in [1.54, 1.807) is 6.07 Å². The molecular formula is C29H37N3O3. The van der Waals surface area contributed by atoms with Crippen LogP contribution in [0.4, 0.5) is 0 Å². The van der Waals surface area contributed by atoms with E-state index in [0.29, 0.717) is 25.1 Å². The molecule has 2 fully saturated rings. The number of amides is 3. The van der Waals surface area contributed by atoms with E-state index < -0.39 is 6.04 Å². The smallest absolute Gasteiger partial charge is 0.252 e. The Morgan fingerprint density at radius 3 is 2.20 bits per heavy atom. The van der Waals surface area contributed by atoms with Gasteiger partial charge in [-0.25, -0.2) is 0 Å². The molecule has 6 nitrogen and oxygen atoms in total. The SMILES string of the molecule is Cc1ccccc1C(=O)N[C@H](C(=O)N1CCCCC1)C1CCN(C(=O)CCc2ccccc2)CC1. The van der Waals surface area contributed by atoms with Gasteiger partial charge in [0, 0.05) is 38.2 Å². The van der Waals surface area contributed by atoms with Crippen LogP contribution in [-0.2, 0) is 16.0 Å². The van der Waals surface area contributed by atoms with Crippen LogP contribution in [0.3, 0.4) is 0 Å². The summed E-state index contributed by atoms with van der Waals surface area (Å²) in [6.45, 7) is 4.68. The molecule has 0 unspecified atom stereocenters. The van der Waals surface area contributed by atoms with E-state index in [-0.39, 0.29) is 23.6 Å². The van der Waals surface area contributed by atoms with E-state index in [1.807, 2.05) is 65.3 Å². The minimum atomic E-state index is -0.554. The number of piperidine rings is 2. The van der Waals surface area contributed by atoms with E-state index in [9.17, 15) is 14.4 Å². The molecule has 0 spiro atoms. The number of hydrogen-bond acceptors (Lipinski definition) is 3. The van der Waals surface area contributed by atoms with Gasteiger partial charge in [-0.05, 0) is 68.6 Å². The zero-order valence-electron chi connectivity index (χ0n) is 20.7. The fraction of sp³-hybridized carbons (Fsp3) is 0.483. The van der Waals surface area contributed by atoms with Crippen LogP contribution >= 0.6 is 0 Å². The van der Waals surface area contributed by atoms with Gasteiger partial charge in [-0.3, -0.25) is 14.4 Å². The molecule has 1 atom stereocenters. The molecule has 186 valence electrons. The number of benzene rings is 2. The second-order valence-corrected chi connectivity index (χ2v) is 9.86. The van der Waals surface area contributed by atoms with Crippen LogP contribution in [-0.4, -0.2) is 59.7 Å². The summed E-state index contributed by atoms with van der Waals surface area (Å²) >= 11 is 0. The van der Waals surface area contributed by atoms with Crippen LogP contribution in [0.15, 0.2) is 54.6 Å². The van der Waals surface area contributed by atoms with Crippen molar-refractivity contribution in [1.29, 1.82) is 0 Å². The summed E-state index contributed by atoms with van der Waals surface area (Å²) in [5, 5.41) is 3.10. The maximum atomic E-state index is 13.6. The number of nitrogens with one attached hydrogen (secondary N) is 1. The van der Waals surface area contributed by atoms with Gasteiger partial charge in [0.2, 0.25) is 11.8 Å². The third kappa shape index (κ3) is 6.50. The predicted molar refractivity (Wildman–Crippen MR) is 137 cm³/mol. The van der Waals surface area contributed by atoms with Crippen molar-refractivity contribution in [1.82, 2.24) is 15.1 Å². The predicted octanol–water partition coefficient (Wildman–Crippen LogP) is 3.98. The number of carbonyl (C=O) groups excluding carboxylic acids is 3. The van der Waals surface area contributed by atoms with Crippen molar-refractivity contribution < 1.29 is 14.4 Å². The fourth-order valence-corrected chi connectivity index (χ4v) is 5.28. The Kier molecular flexibility index (Phi) is 8.56. The van der Waals surface area contributed by atoms with Crippen molar-refractivity contribution >= 4 is 17.7 Å². The largest absolute Gasteiger partial charge is 0.343 e. The first-order valence-corrected chi connectivity index (χ1v) is 13.0. The average molecular weight is 476 g/mol. The highest BCUT2D eigenvalue weighted by atomic mass is 16.2.